The summed E-state index contributed by atoms with van der Waals surface area (Å²) < 4.78 is 11.8. The van der Waals surface area contributed by atoms with Crippen LogP contribution in [0.15, 0.2) is 12.3 Å². The molecule has 0 aromatic carbocycles. The van der Waals surface area contributed by atoms with Crippen LogP contribution in [0.25, 0.3) is 0 Å². The lowest BCUT2D eigenvalue weighted by Crippen LogP contribution is -2.41. The molecule has 1 aliphatic rings. The van der Waals surface area contributed by atoms with E-state index in [2.05, 4.69) is 9.97 Å². The van der Waals surface area contributed by atoms with Gasteiger partial charge in [-0.25, -0.2) is 9.97 Å². The Morgan fingerprint density at radius 3 is 2.42 bits per heavy atom. The summed E-state index contributed by atoms with van der Waals surface area (Å²) in [6.07, 6.45) is 1.58. The average molecular weight is 263 g/mol. The molecule has 0 radical (unpaired) electrons. The monoisotopic (exact) mass is 263 g/mol. The molecule has 0 bridgehead atoms. The Morgan fingerprint density at radius 2 is 1.89 bits per heavy atom. The molecule has 1 aromatic rings. The highest BCUT2D eigenvalue weighted by molar-refractivity contribution is 6.61. The predicted molar refractivity (Wildman–Crippen MR) is 70.6 cm³/mol. The Hall–Kier alpha value is -1.47. The summed E-state index contributed by atoms with van der Waals surface area (Å²) in [7, 11) is -0.556. The van der Waals surface area contributed by atoms with Crippen LogP contribution >= 0.6 is 0 Å². The van der Waals surface area contributed by atoms with Crippen LogP contribution in [-0.4, -0.2) is 34.2 Å². The summed E-state index contributed by atoms with van der Waals surface area (Å²) >= 11 is 0. The normalized spacial score (nSPS) is 20.5. The number of hydrogen-bond acceptors (Lipinski definition) is 5. The molecule has 0 spiro atoms. The van der Waals surface area contributed by atoms with E-state index in [1.807, 2.05) is 27.7 Å². The highest BCUT2D eigenvalue weighted by atomic mass is 16.7. The van der Waals surface area contributed by atoms with E-state index >= 15 is 0 Å². The minimum absolute atomic E-state index is 0.00729. The number of aromatic nitrogens is 2. The molecule has 7 heteroatoms. The third kappa shape index (κ3) is 2.77. The molecule has 1 fully saturated rings. The highest BCUT2D eigenvalue weighted by Crippen LogP contribution is 2.36. The lowest BCUT2D eigenvalue weighted by atomic mass is 9.84. The fourth-order valence-corrected chi connectivity index (χ4v) is 1.75. The number of carbonyl (C=O) groups is 1. The lowest BCUT2D eigenvalue weighted by Gasteiger charge is -2.32. The summed E-state index contributed by atoms with van der Waals surface area (Å²) in [5.41, 5.74) is 4.89. The summed E-state index contributed by atoms with van der Waals surface area (Å²) in [5, 5.41) is 0. The van der Waals surface area contributed by atoms with Crippen LogP contribution in [0.4, 0.5) is 0 Å². The molecule has 102 valence electrons. The van der Waals surface area contributed by atoms with Gasteiger partial charge >= 0.3 is 7.12 Å². The largest absolute Gasteiger partial charge is 0.514 e. The summed E-state index contributed by atoms with van der Waals surface area (Å²) in [4.78, 5) is 19.2. The second kappa shape index (κ2) is 4.57. The quantitative estimate of drug-likeness (QED) is 0.763. The van der Waals surface area contributed by atoms with Crippen molar-refractivity contribution in [2.24, 2.45) is 5.73 Å². The maximum absolute atomic E-state index is 10.9. The fraction of sp³-hybridized carbons (Fsp3) is 0.583. The molecule has 2 N–H and O–H groups in total. The first-order valence-electron chi connectivity index (χ1n) is 6.17. The summed E-state index contributed by atoms with van der Waals surface area (Å²) in [6.45, 7) is 7.88. The molecule has 0 atom stereocenters. The van der Waals surface area contributed by atoms with E-state index in [1.54, 1.807) is 12.3 Å². The maximum atomic E-state index is 10.9. The highest BCUT2D eigenvalue weighted by Gasteiger charge is 2.52. The Morgan fingerprint density at radius 1 is 1.32 bits per heavy atom. The van der Waals surface area contributed by atoms with Gasteiger partial charge in [0.2, 0.25) is 5.91 Å². The molecule has 19 heavy (non-hydrogen) atoms. The predicted octanol–water partition coefficient (Wildman–Crippen LogP) is -0.196. The van der Waals surface area contributed by atoms with Crippen molar-refractivity contribution in [2.75, 3.05) is 0 Å². The van der Waals surface area contributed by atoms with Crippen LogP contribution in [0.2, 0.25) is 0 Å². The molecule has 1 saturated heterocycles. The number of hydrogen-bond donors (Lipinski definition) is 1. The summed E-state index contributed by atoms with van der Waals surface area (Å²) in [5.74, 6) is -0.0919. The SMILES string of the molecule is CC1(C)OB(c2ccnc(CC(N)=O)n2)OC1(C)C. The van der Waals surface area contributed by atoms with E-state index in [9.17, 15) is 4.79 Å². The molecule has 2 rings (SSSR count). The van der Waals surface area contributed by atoms with Crippen LogP contribution < -0.4 is 11.3 Å². The first kappa shape index (κ1) is 14.0. The minimum atomic E-state index is -0.556. The molecule has 6 nitrogen and oxygen atoms in total. The van der Waals surface area contributed by atoms with E-state index in [-0.39, 0.29) is 6.42 Å². The van der Waals surface area contributed by atoms with Crippen LogP contribution in [0.5, 0.6) is 0 Å². The topological polar surface area (TPSA) is 87.3 Å². The zero-order chi connectivity index (χ0) is 14.3. The van der Waals surface area contributed by atoms with Crippen LogP contribution in [0.3, 0.4) is 0 Å². The molecule has 1 aromatic heterocycles. The van der Waals surface area contributed by atoms with Gasteiger partial charge in [0, 0.05) is 6.20 Å². The standard InChI is InChI=1S/C12H18BN3O3/c1-11(2)12(3,4)19-13(18-11)8-5-6-15-10(16-8)7-9(14)17/h5-6H,7H2,1-4H3,(H2,14,17). The number of primary amides is 1. The van der Waals surface area contributed by atoms with E-state index in [1.165, 1.54) is 0 Å². The lowest BCUT2D eigenvalue weighted by molar-refractivity contribution is -0.117. The number of carbonyl (C=O) groups excluding carboxylic acids is 1. The van der Waals surface area contributed by atoms with Crippen molar-refractivity contribution in [3.05, 3.63) is 18.1 Å². The van der Waals surface area contributed by atoms with Gasteiger partial charge < -0.3 is 15.0 Å². The maximum Gasteiger partial charge on any atom is 0.514 e. The molecule has 0 saturated carbocycles. The van der Waals surface area contributed by atoms with Crippen molar-refractivity contribution in [3.8, 4) is 0 Å². The zero-order valence-corrected chi connectivity index (χ0v) is 11.6. The van der Waals surface area contributed by atoms with Gasteiger partial charge in [-0.2, -0.15) is 0 Å². The van der Waals surface area contributed by atoms with Crippen molar-refractivity contribution >= 4 is 18.6 Å². The Kier molecular flexibility index (Phi) is 3.36. The molecular weight excluding hydrogens is 245 g/mol. The second-order valence-corrected chi connectivity index (χ2v) is 5.63. The van der Waals surface area contributed by atoms with Crippen LogP contribution in [-0.2, 0) is 20.5 Å². The third-order valence-electron chi connectivity index (χ3n) is 3.55. The van der Waals surface area contributed by atoms with Crippen molar-refractivity contribution in [3.63, 3.8) is 0 Å². The Labute approximate surface area is 112 Å². The van der Waals surface area contributed by atoms with E-state index in [0.717, 1.165) is 0 Å². The van der Waals surface area contributed by atoms with E-state index < -0.39 is 24.2 Å². The van der Waals surface area contributed by atoms with Crippen molar-refractivity contribution in [1.82, 2.24) is 9.97 Å². The van der Waals surface area contributed by atoms with Crippen molar-refractivity contribution in [2.45, 2.75) is 45.3 Å². The van der Waals surface area contributed by atoms with Gasteiger partial charge in [0.25, 0.3) is 0 Å². The minimum Gasteiger partial charge on any atom is -0.398 e. The molecule has 0 unspecified atom stereocenters. The van der Waals surface area contributed by atoms with Gasteiger partial charge in [-0.15, -0.1) is 0 Å². The molecule has 1 amide bonds. The number of rotatable bonds is 3. The first-order chi connectivity index (χ1) is 8.71. The number of amides is 1. The first-order valence-corrected chi connectivity index (χ1v) is 6.17. The van der Waals surface area contributed by atoms with Gasteiger partial charge in [-0.3, -0.25) is 4.79 Å². The molecule has 1 aliphatic heterocycles. The van der Waals surface area contributed by atoms with E-state index in [4.69, 9.17) is 15.0 Å². The van der Waals surface area contributed by atoms with E-state index in [0.29, 0.717) is 11.4 Å². The second-order valence-electron chi connectivity index (χ2n) is 5.63. The van der Waals surface area contributed by atoms with Gasteiger partial charge in [0.05, 0.1) is 23.2 Å². The summed E-state index contributed by atoms with van der Waals surface area (Å²) in [6, 6.07) is 1.71. The zero-order valence-electron chi connectivity index (χ0n) is 11.6. The smallest absolute Gasteiger partial charge is 0.398 e. The number of nitrogens with two attached hydrogens (primary N) is 1. The fourth-order valence-electron chi connectivity index (χ4n) is 1.75. The average Bonchev–Trinajstić information content (AvgIpc) is 2.47. The molecular formula is C12H18BN3O3. The Bertz CT molecular complexity index is 489. The molecule has 2 heterocycles. The van der Waals surface area contributed by atoms with Crippen LogP contribution in [0, 0.1) is 0 Å². The van der Waals surface area contributed by atoms with Gasteiger partial charge in [-0.1, -0.05) is 0 Å². The molecule has 0 aliphatic carbocycles. The van der Waals surface area contributed by atoms with Crippen LogP contribution in [0.1, 0.15) is 33.5 Å². The van der Waals surface area contributed by atoms with Gasteiger partial charge in [-0.05, 0) is 33.8 Å². The number of nitrogens with zero attached hydrogens (tertiary/aromatic N) is 2. The van der Waals surface area contributed by atoms with Gasteiger partial charge in [0.1, 0.15) is 5.82 Å². The van der Waals surface area contributed by atoms with Crippen molar-refractivity contribution < 1.29 is 14.1 Å². The third-order valence-corrected chi connectivity index (χ3v) is 3.55. The van der Waals surface area contributed by atoms with Gasteiger partial charge in [0.15, 0.2) is 0 Å². The van der Waals surface area contributed by atoms with Crippen molar-refractivity contribution in [1.29, 1.82) is 0 Å². The Balaban J connectivity index is 2.22.